The highest BCUT2D eigenvalue weighted by atomic mass is 15.1. The monoisotopic (exact) mass is 665 g/mol. The molecule has 0 aliphatic heterocycles. The second kappa shape index (κ2) is 13.0. The second-order valence-electron chi connectivity index (χ2n) is 14.1. The summed E-state index contributed by atoms with van der Waals surface area (Å²) in [5.41, 5.74) is 18.2. The molecule has 0 atom stereocenters. The molecule has 0 unspecified atom stereocenters. The van der Waals surface area contributed by atoms with Crippen molar-refractivity contribution in [1.82, 2.24) is 0 Å². The number of nitrogens with zero attached hydrogens (tertiary/aromatic N) is 1. The molecule has 9 rings (SSSR count). The summed E-state index contributed by atoms with van der Waals surface area (Å²) in [5.74, 6) is 0. The van der Waals surface area contributed by atoms with Gasteiger partial charge < -0.3 is 4.90 Å². The molecule has 0 aromatic heterocycles. The van der Waals surface area contributed by atoms with Crippen LogP contribution in [0, 0.1) is 0 Å². The van der Waals surface area contributed by atoms with Crippen LogP contribution >= 0.6 is 0 Å². The van der Waals surface area contributed by atoms with Crippen LogP contribution in [-0.2, 0) is 5.41 Å². The van der Waals surface area contributed by atoms with Crippen LogP contribution in [-0.4, -0.2) is 0 Å². The lowest BCUT2D eigenvalue weighted by Gasteiger charge is -2.31. The lowest BCUT2D eigenvalue weighted by molar-refractivity contribution is 0.660. The van der Waals surface area contributed by atoms with Gasteiger partial charge in [0.05, 0.1) is 5.69 Å². The van der Waals surface area contributed by atoms with Gasteiger partial charge in [0.1, 0.15) is 0 Å². The van der Waals surface area contributed by atoms with E-state index in [0.717, 1.165) is 17.1 Å². The van der Waals surface area contributed by atoms with Gasteiger partial charge in [0.25, 0.3) is 0 Å². The molecule has 248 valence electrons. The summed E-state index contributed by atoms with van der Waals surface area (Å²) in [6.07, 6.45) is 0. The SMILES string of the molecule is CC1(C)c2ccccc2-c2ccc(N(c3ccc(-c4ccccc4)cc3)c3cccc(-c4ccccc4)c3-c3ccccc3-c3ccccc3)cc21. The average molecular weight is 666 g/mol. The highest BCUT2D eigenvalue weighted by Crippen LogP contribution is 2.52. The second-order valence-corrected chi connectivity index (χ2v) is 14.1. The Labute approximate surface area is 307 Å². The molecule has 8 aromatic rings. The van der Waals surface area contributed by atoms with Crippen molar-refractivity contribution in [3.8, 4) is 55.6 Å². The van der Waals surface area contributed by atoms with Crippen molar-refractivity contribution < 1.29 is 0 Å². The molecular weight excluding hydrogens is 627 g/mol. The largest absolute Gasteiger partial charge is 0.310 e. The van der Waals surface area contributed by atoms with Gasteiger partial charge in [0.2, 0.25) is 0 Å². The molecule has 0 saturated carbocycles. The molecule has 0 bridgehead atoms. The van der Waals surface area contributed by atoms with Crippen molar-refractivity contribution >= 4 is 17.1 Å². The van der Waals surface area contributed by atoms with Crippen LogP contribution in [0.4, 0.5) is 17.1 Å². The van der Waals surface area contributed by atoms with E-state index in [9.17, 15) is 0 Å². The van der Waals surface area contributed by atoms with E-state index in [4.69, 9.17) is 0 Å². The number of hydrogen-bond acceptors (Lipinski definition) is 1. The fourth-order valence-corrected chi connectivity index (χ4v) is 8.13. The molecule has 1 heteroatoms. The minimum atomic E-state index is -0.126. The van der Waals surface area contributed by atoms with Crippen molar-refractivity contribution in [2.45, 2.75) is 19.3 Å². The summed E-state index contributed by atoms with van der Waals surface area (Å²) >= 11 is 0. The van der Waals surface area contributed by atoms with Gasteiger partial charge in [-0.05, 0) is 91.5 Å². The Morgan fingerprint density at radius 3 is 1.48 bits per heavy atom. The molecule has 0 spiro atoms. The number of anilines is 3. The van der Waals surface area contributed by atoms with E-state index in [1.807, 2.05) is 0 Å². The number of fused-ring (bicyclic) bond motifs is 3. The van der Waals surface area contributed by atoms with Crippen molar-refractivity contribution in [3.63, 3.8) is 0 Å². The minimum Gasteiger partial charge on any atom is -0.310 e. The van der Waals surface area contributed by atoms with Crippen molar-refractivity contribution in [2.75, 3.05) is 4.90 Å². The standard InChI is InChI=1S/C51H39N/c1-51(2)47-27-15-14-24-44(47)45-34-33-41(35-48(45)51)52(40-31-29-37(30-32-40)36-17-6-3-7-18-36)49-28-16-26-43(39-21-10-5-11-22-39)50(49)46-25-13-12-23-42(46)38-19-8-4-9-20-38/h3-35H,1-2H3. The predicted molar refractivity (Wildman–Crippen MR) is 220 cm³/mol. The quantitative estimate of drug-likeness (QED) is 0.164. The molecule has 0 N–H and O–H groups in total. The minimum absolute atomic E-state index is 0.126. The van der Waals surface area contributed by atoms with Gasteiger partial charge in [0, 0.05) is 22.4 Å². The van der Waals surface area contributed by atoms with Crippen molar-refractivity contribution in [1.29, 1.82) is 0 Å². The van der Waals surface area contributed by atoms with Gasteiger partial charge >= 0.3 is 0 Å². The van der Waals surface area contributed by atoms with Gasteiger partial charge in [-0.25, -0.2) is 0 Å². The van der Waals surface area contributed by atoms with E-state index in [1.165, 1.54) is 66.8 Å². The van der Waals surface area contributed by atoms with Crippen LogP contribution in [0.25, 0.3) is 55.6 Å². The lowest BCUT2D eigenvalue weighted by atomic mass is 9.82. The van der Waals surface area contributed by atoms with Crippen LogP contribution in [0.2, 0.25) is 0 Å². The normalized spacial score (nSPS) is 12.6. The first-order valence-electron chi connectivity index (χ1n) is 18.1. The molecule has 52 heavy (non-hydrogen) atoms. The van der Waals surface area contributed by atoms with E-state index in [1.54, 1.807) is 0 Å². The van der Waals surface area contributed by atoms with Gasteiger partial charge in [-0.1, -0.05) is 184 Å². The molecule has 0 saturated heterocycles. The van der Waals surface area contributed by atoms with Crippen LogP contribution in [0.15, 0.2) is 200 Å². The van der Waals surface area contributed by atoms with E-state index in [0.29, 0.717) is 0 Å². The number of rotatable bonds is 7. The van der Waals surface area contributed by atoms with Crippen molar-refractivity contribution in [3.05, 3.63) is 211 Å². The van der Waals surface area contributed by atoms with Crippen molar-refractivity contribution in [2.24, 2.45) is 0 Å². The Balaban J connectivity index is 1.32. The van der Waals surface area contributed by atoms with Gasteiger partial charge in [-0.3, -0.25) is 0 Å². The fraction of sp³-hybridized carbons (Fsp3) is 0.0588. The van der Waals surface area contributed by atoms with E-state index in [2.05, 4.69) is 219 Å². The zero-order valence-electron chi connectivity index (χ0n) is 29.5. The molecule has 0 amide bonds. The molecule has 0 fully saturated rings. The highest BCUT2D eigenvalue weighted by molar-refractivity contribution is 6.01. The van der Waals surface area contributed by atoms with Gasteiger partial charge in [-0.15, -0.1) is 0 Å². The summed E-state index contributed by atoms with van der Waals surface area (Å²) < 4.78 is 0. The van der Waals surface area contributed by atoms with E-state index in [-0.39, 0.29) is 5.41 Å². The zero-order valence-corrected chi connectivity index (χ0v) is 29.5. The van der Waals surface area contributed by atoms with Crippen LogP contribution in [0.1, 0.15) is 25.0 Å². The maximum atomic E-state index is 2.47. The average Bonchev–Trinajstić information content (AvgIpc) is 3.44. The predicted octanol–water partition coefficient (Wildman–Crippen LogP) is 14.1. The van der Waals surface area contributed by atoms with E-state index < -0.39 is 0 Å². The molecule has 0 radical (unpaired) electrons. The van der Waals surface area contributed by atoms with Gasteiger partial charge in [-0.2, -0.15) is 0 Å². The Hall–Kier alpha value is -6.44. The third-order valence-corrected chi connectivity index (χ3v) is 10.7. The van der Waals surface area contributed by atoms with E-state index >= 15 is 0 Å². The summed E-state index contributed by atoms with van der Waals surface area (Å²) in [6, 6.07) is 72.9. The number of hydrogen-bond donors (Lipinski definition) is 0. The summed E-state index contributed by atoms with van der Waals surface area (Å²) in [7, 11) is 0. The molecule has 0 heterocycles. The van der Waals surface area contributed by atoms with Crippen LogP contribution in [0.3, 0.4) is 0 Å². The fourth-order valence-electron chi connectivity index (χ4n) is 8.13. The Morgan fingerprint density at radius 2 is 0.808 bits per heavy atom. The zero-order chi connectivity index (χ0) is 35.1. The summed E-state index contributed by atoms with van der Waals surface area (Å²) in [5, 5.41) is 0. The van der Waals surface area contributed by atoms with Crippen LogP contribution in [0.5, 0.6) is 0 Å². The highest BCUT2D eigenvalue weighted by Gasteiger charge is 2.36. The smallest absolute Gasteiger partial charge is 0.0546 e. The molecule has 1 nitrogen and oxygen atoms in total. The lowest BCUT2D eigenvalue weighted by Crippen LogP contribution is -2.17. The number of benzene rings is 8. The Morgan fingerprint density at radius 1 is 0.327 bits per heavy atom. The maximum Gasteiger partial charge on any atom is 0.0546 e. The topological polar surface area (TPSA) is 3.24 Å². The summed E-state index contributed by atoms with van der Waals surface area (Å²) in [6.45, 7) is 4.72. The molecule has 1 aliphatic carbocycles. The molecule has 8 aromatic carbocycles. The Bertz CT molecular complexity index is 2510. The summed E-state index contributed by atoms with van der Waals surface area (Å²) in [4.78, 5) is 2.47. The first-order valence-corrected chi connectivity index (χ1v) is 18.1. The first kappa shape index (κ1) is 31.5. The molecule has 1 aliphatic rings. The maximum absolute atomic E-state index is 2.47. The Kier molecular flexibility index (Phi) is 7.90. The van der Waals surface area contributed by atoms with Crippen LogP contribution < -0.4 is 4.90 Å². The molecular formula is C51H39N. The third-order valence-electron chi connectivity index (χ3n) is 10.7. The van der Waals surface area contributed by atoms with Gasteiger partial charge in [0.15, 0.2) is 0 Å². The first-order chi connectivity index (χ1) is 25.6. The third kappa shape index (κ3) is 5.43.